The van der Waals surface area contributed by atoms with E-state index in [1.165, 1.54) is 0 Å². The first-order valence-corrected chi connectivity index (χ1v) is 7.61. The Balaban J connectivity index is 1.76. The fourth-order valence-electron chi connectivity index (χ4n) is 2.47. The van der Waals surface area contributed by atoms with Crippen LogP contribution >= 0.6 is 0 Å². The second kappa shape index (κ2) is 6.62. The predicted molar refractivity (Wildman–Crippen MR) is 86.0 cm³/mol. The molecule has 4 nitrogen and oxygen atoms in total. The Labute approximate surface area is 130 Å². The molecule has 3 rings (SSSR count). The van der Waals surface area contributed by atoms with Crippen LogP contribution in [0.15, 0.2) is 54.6 Å². The van der Waals surface area contributed by atoms with Gasteiger partial charge in [0.15, 0.2) is 0 Å². The summed E-state index contributed by atoms with van der Waals surface area (Å²) < 4.78 is 5.83. The van der Waals surface area contributed by atoms with Crippen molar-refractivity contribution in [3.05, 3.63) is 60.2 Å². The maximum Gasteiger partial charge on any atom is 0.255 e. The lowest BCUT2D eigenvalue weighted by Gasteiger charge is -2.17. The molecule has 1 aliphatic rings. The largest absolute Gasteiger partial charge is 0.457 e. The molecule has 114 valence electrons. The lowest BCUT2D eigenvalue weighted by molar-refractivity contribution is 0.0931. The maximum atomic E-state index is 12.5. The van der Waals surface area contributed by atoms with E-state index in [1.54, 1.807) is 12.1 Å². The molecule has 1 saturated carbocycles. The van der Waals surface area contributed by atoms with Gasteiger partial charge in [0.2, 0.25) is 0 Å². The zero-order valence-corrected chi connectivity index (χ0v) is 12.4. The molecule has 1 aliphatic carbocycles. The Morgan fingerprint density at radius 3 is 2.50 bits per heavy atom. The van der Waals surface area contributed by atoms with Crippen LogP contribution in [0.25, 0.3) is 0 Å². The number of hydrogen-bond acceptors (Lipinski definition) is 3. The Hall–Kier alpha value is -2.33. The molecule has 1 unspecified atom stereocenters. The highest BCUT2D eigenvalue weighted by atomic mass is 16.5. The first-order valence-electron chi connectivity index (χ1n) is 7.61. The molecule has 4 heteroatoms. The molecule has 0 aromatic heterocycles. The molecular formula is C18H20N2O2. The Morgan fingerprint density at radius 2 is 1.82 bits per heavy atom. The van der Waals surface area contributed by atoms with Crippen molar-refractivity contribution in [2.24, 2.45) is 11.7 Å². The maximum absolute atomic E-state index is 12.5. The fourth-order valence-corrected chi connectivity index (χ4v) is 2.47. The second-order valence-corrected chi connectivity index (χ2v) is 5.56. The second-order valence-electron chi connectivity index (χ2n) is 5.56. The van der Waals surface area contributed by atoms with Gasteiger partial charge in [-0.3, -0.25) is 4.79 Å². The van der Waals surface area contributed by atoms with Crippen molar-refractivity contribution in [2.45, 2.75) is 18.9 Å². The Morgan fingerprint density at radius 1 is 1.14 bits per heavy atom. The summed E-state index contributed by atoms with van der Waals surface area (Å²) >= 11 is 0. The van der Waals surface area contributed by atoms with Crippen LogP contribution in [0.3, 0.4) is 0 Å². The number of nitrogens with two attached hydrogens (primary N) is 1. The van der Waals surface area contributed by atoms with Gasteiger partial charge in [0.25, 0.3) is 5.91 Å². The van der Waals surface area contributed by atoms with Gasteiger partial charge in [-0.15, -0.1) is 0 Å². The van der Waals surface area contributed by atoms with Gasteiger partial charge in [0.1, 0.15) is 11.5 Å². The van der Waals surface area contributed by atoms with Gasteiger partial charge in [-0.05, 0) is 43.0 Å². The highest BCUT2D eigenvalue weighted by Crippen LogP contribution is 2.32. The third-order valence-electron chi connectivity index (χ3n) is 3.86. The number of carbonyl (C=O) groups is 1. The average molecular weight is 296 g/mol. The van der Waals surface area contributed by atoms with Crippen LogP contribution in [0.4, 0.5) is 0 Å². The summed E-state index contributed by atoms with van der Waals surface area (Å²) in [5, 5.41) is 3.03. The molecule has 0 aliphatic heterocycles. The number of benzene rings is 2. The van der Waals surface area contributed by atoms with Crippen molar-refractivity contribution >= 4 is 5.91 Å². The lowest BCUT2D eigenvalue weighted by atomic mass is 10.1. The zero-order valence-electron chi connectivity index (χ0n) is 12.4. The van der Waals surface area contributed by atoms with Crippen LogP contribution in [0.5, 0.6) is 11.5 Å². The average Bonchev–Trinajstić information content (AvgIpc) is 3.39. The minimum atomic E-state index is -0.131. The van der Waals surface area contributed by atoms with Crippen molar-refractivity contribution in [1.29, 1.82) is 0 Å². The molecule has 0 spiro atoms. The lowest BCUT2D eigenvalue weighted by Crippen LogP contribution is -2.41. The van der Waals surface area contributed by atoms with Crippen molar-refractivity contribution in [1.82, 2.24) is 5.32 Å². The summed E-state index contributed by atoms with van der Waals surface area (Å²) in [4.78, 5) is 12.5. The van der Waals surface area contributed by atoms with Crippen molar-refractivity contribution in [3.8, 4) is 11.5 Å². The van der Waals surface area contributed by atoms with Crippen LogP contribution in [0.1, 0.15) is 23.2 Å². The fraction of sp³-hybridized carbons (Fsp3) is 0.278. The smallest absolute Gasteiger partial charge is 0.255 e. The minimum absolute atomic E-state index is 0.0530. The summed E-state index contributed by atoms with van der Waals surface area (Å²) in [7, 11) is 0. The van der Waals surface area contributed by atoms with E-state index in [9.17, 15) is 4.79 Å². The van der Waals surface area contributed by atoms with Gasteiger partial charge in [-0.25, -0.2) is 0 Å². The van der Waals surface area contributed by atoms with Gasteiger partial charge < -0.3 is 15.8 Å². The molecule has 0 saturated heterocycles. The molecule has 0 bridgehead atoms. The third-order valence-corrected chi connectivity index (χ3v) is 3.86. The van der Waals surface area contributed by atoms with Crippen LogP contribution in [-0.4, -0.2) is 18.5 Å². The van der Waals surface area contributed by atoms with Gasteiger partial charge in [0, 0.05) is 12.6 Å². The Bertz CT molecular complexity index is 639. The number of amides is 1. The van der Waals surface area contributed by atoms with Gasteiger partial charge in [-0.2, -0.15) is 0 Å². The number of hydrogen-bond donors (Lipinski definition) is 2. The molecule has 1 amide bonds. The van der Waals surface area contributed by atoms with E-state index in [0.717, 1.165) is 12.8 Å². The molecule has 2 aromatic rings. The van der Waals surface area contributed by atoms with E-state index in [4.69, 9.17) is 10.5 Å². The number of ether oxygens (including phenoxy) is 1. The van der Waals surface area contributed by atoms with E-state index in [1.807, 2.05) is 42.5 Å². The van der Waals surface area contributed by atoms with Crippen molar-refractivity contribution in [2.75, 3.05) is 6.54 Å². The van der Waals surface area contributed by atoms with Crippen LogP contribution in [-0.2, 0) is 0 Å². The molecule has 0 heterocycles. The molecule has 3 N–H and O–H groups in total. The van der Waals surface area contributed by atoms with Crippen LogP contribution < -0.4 is 15.8 Å². The normalized spacial score (nSPS) is 15.1. The quantitative estimate of drug-likeness (QED) is 0.861. The molecular weight excluding hydrogens is 276 g/mol. The van der Waals surface area contributed by atoms with Gasteiger partial charge in [-0.1, -0.05) is 30.3 Å². The van der Waals surface area contributed by atoms with Crippen molar-refractivity contribution in [3.63, 3.8) is 0 Å². The van der Waals surface area contributed by atoms with E-state index >= 15 is 0 Å². The predicted octanol–water partition coefficient (Wildman–Crippen LogP) is 2.95. The summed E-state index contributed by atoms with van der Waals surface area (Å²) in [6.07, 6.45) is 2.29. The summed E-state index contributed by atoms with van der Waals surface area (Å²) in [6, 6.07) is 16.8. The highest BCUT2D eigenvalue weighted by molar-refractivity contribution is 5.97. The van der Waals surface area contributed by atoms with Crippen LogP contribution in [0.2, 0.25) is 0 Å². The molecule has 0 radical (unpaired) electrons. The number of nitrogens with one attached hydrogen (secondary N) is 1. The molecule has 2 aromatic carbocycles. The summed E-state index contributed by atoms with van der Waals surface area (Å²) in [6.45, 7) is 0.470. The zero-order chi connectivity index (χ0) is 15.4. The molecule has 1 fully saturated rings. The standard InChI is InChI=1S/C18H20N2O2/c19-12-16(13-10-11-13)20-18(21)15-8-4-5-9-17(15)22-14-6-2-1-3-7-14/h1-9,13,16H,10-12,19H2,(H,20,21). The molecule has 22 heavy (non-hydrogen) atoms. The van der Waals surface area contributed by atoms with E-state index in [-0.39, 0.29) is 11.9 Å². The Kier molecular flexibility index (Phi) is 4.39. The highest BCUT2D eigenvalue weighted by Gasteiger charge is 2.31. The van der Waals surface area contributed by atoms with E-state index in [2.05, 4.69) is 5.32 Å². The first kappa shape index (κ1) is 14.6. The van der Waals surface area contributed by atoms with Gasteiger partial charge in [0.05, 0.1) is 5.56 Å². The summed E-state index contributed by atoms with van der Waals surface area (Å²) in [5.41, 5.74) is 6.29. The summed E-state index contributed by atoms with van der Waals surface area (Å²) in [5.74, 6) is 1.66. The molecule has 1 atom stereocenters. The number of carbonyl (C=O) groups excluding carboxylic acids is 1. The van der Waals surface area contributed by atoms with Crippen molar-refractivity contribution < 1.29 is 9.53 Å². The van der Waals surface area contributed by atoms with E-state index < -0.39 is 0 Å². The third kappa shape index (κ3) is 3.46. The van der Waals surface area contributed by atoms with E-state index in [0.29, 0.717) is 29.5 Å². The number of rotatable bonds is 6. The monoisotopic (exact) mass is 296 g/mol. The number of para-hydroxylation sites is 2. The minimum Gasteiger partial charge on any atom is -0.457 e. The van der Waals surface area contributed by atoms with Gasteiger partial charge >= 0.3 is 0 Å². The SMILES string of the molecule is NCC(NC(=O)c1ccccc1Oc1ccccc1)C1CC1. The van der Waals surface area contributed by atoms with Crippen LogP contribution in [0, 0.1) is 5.92 Å². The topological polar surface area (TPSA) is 64.3 Å². The first-order chi connectivity index (χ1) is 10.8.